The summed E-state index contributed by atoms with van der Waals surface area (Å²) in [5.41, 5.74) is 10.5. The third-order valence-electron chi connectivity index (χ3n) is 1.53. The topological polar surface area (TPSA) is 74.2 Å². The second-order valence-corrected chi connectivity index (χ2v) is 3.32. The Morgan fingerprint density at radius 3 is 2.53 bits per heavy atom. The molecule has 0 unspecified atom stereocenters. The molecule has 1 aromatic rings. The summed E-state index contributed by atoms with van der Waals surface area (Å²) >= 11 is 2.89. The summed E-state index contributed by atoms with van der Waals surface area (Å²) in [5.74, 6) is -0.508. The van der Waals surface area contributed by atoms with Crippen LogP contribution in [0.3, 0.4) is 0 Å². The molecule has 0 fully saturated rings. The molecular weight excluding hydrogens is 279 g/mol. The fraction of sp³-hybridized carbons (Fsp3) is 0.286. The Morgan fingerprint density at radius 1 is 1.47 bits per heavy atom. The van der Waals surface area contributed by atoms with Crippen LogP contribution in [0.25, 0.3) is 0 Å². The van der Waals surface area contributed by atoms with Crippen molar-refractivity contribution >= 4 is 21.6 Å². The second-order valence-electron chi connectivity index (χ2n) is 2.57. The van der Waals surface area contributed by atoms with Crippen LogP contribution in [0.5, 0.6) is 5.75 Å². The third-order valence-corrected chi connectivity index (χ3v) is 2.16. The van der Waals surface area contributed by atoms with Gasteiger partial charge in [-0.2, -0.15) is 0 Å². The maximum Gasteiger partial charge on any atom is 0.573 e. The molecule has 0 amide bonds. The summed E-state index contributed by atoms with van der Waals surface area (Å²) in [6, 6.07) is 0. The van der Waals surface area contributed by atoms with E-state index in [0.717, 1.165) is 0 Å². The number of halogens is 4. The molecule has 0 aliphatic carbocycles. The van der Waals surface area contributed by atoms with Gasteiger partial charge in [0, 0.05) is 18.3 Å². The van der Waals surface area contributed by atoms with Gasteiger partial charge >= 0.3 is 6.36 Å². The number of hydrogen-bond acceptors (Lipinski definition) is 4. The van der Waals surface area contributed by atoms with Crippen LogP contribution >= 0.6 is 15.9 Å². The van der Waals surface area contributed by atoms with Crippen LogP contribution in [0.15, 0.2) is 10.8 Å². The molecule has 0 bridgehead atoms. The van der Waals surface area contributed by atoms with E-state index in [9.17, 15) is 13.2 Å². The van der Waals surface area contributed by atoms with Gasteiger partial charge in [0.05, 0.1) is 0 Å². The Labute approximate surface area is 91.5 Å². The number of nitrogen functional groups attached to an aromatic ring is 1. The summed E-state index contributed by atoms with van der Waals surface area (Å²) in [6.45, 7) is -0.143. The molecule has 4 N–H and O–H groups in total. The van der Waals surface area contributed by atoms with Crippen LogP contribution in [-0.4, -0.2) is 11.3 Å². The fourth-order valence-electron chi connectivity index (χ4n) is 0.911. The Hall–Kier alpha value is -1.02. The van der Waals surface area contributed by atoms with Gasteiger partial charge in [-0.1, -0.05) is 0 Å². The second kappa shape index (κ2) is 4.23. The smallest absolute Gasteiger partial charge is 0.403 e. The van der Waals surface area contributed by atoms with Gasteiger partial charge in [-0.05, 0) is 15.9 Å². The zero-order valence-electron chi connectivity index (χ0n) is 7.31. The highest BCUT2D eigenvalue weighted by molar-refractivity contribution is 9.10. The van der Waals surface area contributed by atoms with Gasteiger partial charge in [0.15, 0.2) is 5.75 Å². The molecule has 15 heavy (non-hydrogen) atoms. The van der Waals surface area contributed by atoms with E-state index in [-0.39, 0.29) is 22.4 Å². The lowest BCUT2D eigenvalue weighted by Crippen LogP contribution is -2.20. The number of nitrogens with zero attached hydrogens (tertiary/aromatic N) is 1. The van der Waals surface area contributed by atoms with Crippen LogP contribution in [0.1, 0.15) is 5.56 Å². The molecule has 1 rings (SSSR count). The van der Waals surface area contributed by atoms with Crippen LogP contribution in [0, 0.1) is 0 Å². The first kappa shape index (κ1) is 12.1. The normalized spacial score (nSPS) is 11.5. The summed E-state index contributed by atoms with van der Waals surface area (Å²) in [5, 5.41) is 0. The number of rotatable bonds is 2. The molecule has 0 aromatic carbocycles. The van der Waals surface area contributed by atoms with Crippen molar-refractivity contribution in [2.24, 2.45) is 5.73 Å². The number of anilines is 1. The van der Waals surface area contributed by atoms with Crippen LogP contribution in [0.4, 0.5) is 18.9 Å². The van der Waals surface area contributed by atoms with E-state index in [1.54, 1.807) is 0 Å². The highest BCUT2D eigenvalue weighted by Gasteiger charge is 2.33. The van der Waals surface area contributed by atoms with E-state index in [4.69, 9.17) is 11.5 Å². The molecule has 84 valence electrons. The maximum absolute atomic E-state index is 12.0. The Balaban J connectivity index is 3.18. The number of ether oxygens (including phenoxy) is 1. The van der Waals surface area contributed by atoms with Gasteiger partial charge in [0.25, 0.3) is 0 Å². The number of nitrogens with two attached hydrogens (primary N) is 2. The first-order valence-electron chi connectivity index (χ1n) is 3.74. The molecule has 0 radical (unpaired) electrons. The van der Waals surface area contributed by atoms with Crippen molar-refractivity contribution in [3.63, 3.8) is 0 Å². The monoisotopic (exact) mass is 285 g/mol. The van der Waals surface area contributed by atoms with Crippen molar-refractivity contribution in [2.75, 3.05) is 5.73 Å². The number of alkyl halides is 3. The van der Waals surface area contributed by atoms with Gasteiger partial charge in [0.1, 0.15) is 10.3 Å². The Bertz CT molecular complexity index is 369. The highest BCUT2D eigenvalue weighted by atomic mass is 79.9. The van der Waals surface area contributed by atoms with Crippen LogP contribution in [-0.2, 0) is 6.54 Å². The predicted octanol–water partition coefficient (Wildman–Crippen LogP) is 1.78. The van der Waals surface area contributed by atoms with E-state index in [0.29, 0.717) is 0 Å². The quantitative estimate of drug-likeness (QED) is 0.813. The molecule has 8 heteroatoms. The van der Waals surface area contributed by atoms with Gasteiger partial charge < -0.3 is 16.2 Å². The van der Waals surface area contributed by atoms with Gasteiger partial charge in [0.2, 0.25) is 0 Å². The zero-order chi connectivity index (χ0) is 11.6. The molecule has 0 spiro atoms. The van der Waals surface area contributed by atoms with Crippen molar-refractivity contribution in [1.29, 1.82) is 0 Å². The molecule has 1 aromatic heterocycles. The van der Waals surface area contributed by atoms with E-state index in [2.05, 4.69) is 25.7 Å². The summed E-state index contributed by atoms with van der Waals surface area (Å²) < 4.78 is 39.9. The van der Waals surface area contributed by atoms with Gasteiger partial charge in [-0.25, -0.2) is 4.98 Å². The minimum Gasteiger partial charge on any atom is -0.403 e. The Kier molecular flexibility index (Phi) is 3.40. The average molecular weight is 286 g/mol. The summed E-state index contributed by atoms with van der Waals surface area (Å²) in [6.07, 6.45) is -3.64. The van der Waals surface area contributed by atoms with Crippen molar-refractivity contribution in [1.82, 2.24) is 4.98 Å². The summed E-state index contributed by atoms with van der Waals surface area (Å²) in [7, 11) is 0. The largest absolute Gasteiger partial charge is 0.573 e. The van der Waals surface area contributed by atoms with Gasteiger partial charge in [-0.15, -0.1) is 13.2 Å². The molecule has 1 heterocycles. The Morgan fingerprint density at radius 2 is 2.07 bits per heavy atom. The zero-order valence-corrected chi connectivity index (χ0v) is 8.89. The SMILES string of the molecule is NCc1cnc(Br)c(N)c1OC(F)(F)F. The molecule has 0 aliphatic rings. The third kappa shape index (κ3) is 2.96. The molecular formula is C7H7BrF3N3O. The van der Waals surface area contributed by atoms with Crippen LogP contribution in [0.2, 0.25) is 0 Å². The molecule has 0 atom stereocenters. The van der Waals surface area contributed by atoms with Crippen molar-refractivity contribution < 1.29 is 17.9 Å². The lowest BCUT2D eigenvalue weighted by atomic mass is 10.2. The van der Waals surface area contributed by atoms with Crippen molar-refractivity contribution in [3.05, 3.63) is 16.4 Å². The molecule has 0 saturated heterocycles. The minimum atomic E-state index is -4.81. The first-order chi connectivity index (χ1) is 6.85. The van der Waals surface area contributed by atoms with E-state index >= 15 is 0 Å². The van der Waals surface area contributed by atoms with Crippen LogP contribution < -0.4 is 16.2 Å². The molecule has 0 aliphatic heterocycles. The maximum atomic E-state index is 12.0. The van der Waals surface area contributed by atoms with E-state index < -0.39 is 12.1 Å². The molecule has 0 saturated carbocycles. The lowest BCUT2D eigenvalue weighted by Gasteiger charge is -2.14. The predicted molar refractivity (Wildman–Crippen MR) is 50.9 cm³/mol. The first-order valence-corrected chi connectivity index (χ1v) is 4.53. The van der Waals surface area contributed by atoms with Crippen molar-refractivity contribution in [3.8, 4) is 5.75 Å². The van der Waals surface area contributed by atoms with E-state index in [1.165, 1.54) is 6.20 Å². The highest BCUT2D eigenvalue weighted by Crippen LogP contribution is 2.35. The number of aromatic nitrogens is 1. The average Bonchev–Trinajstić information content (AvgIpc) is 2.11. The van der Waals surface area contributed by atoms with Crippen molar-refractivity contribution in [2.45, 2.75) is 12.9 Å². The van der Waals surface area contributed by atoms with E-state index in [1.807, 2.05) is 0 Å². The standard InChI is InChI=1S/C7H7BrF3N3O/c8-6-4(13)5(15-7(9,10)11)3(1-12)2-14-6/h2H,1,12-13H2. The number of pyridine rings is 1. The minimum absolute atomic E-state index is 0.0824. The number of hydrogen-bond donors (Lipinski definition) is 2. The summed E-state index contributed by atoms with van der Waals surface area (Å²) in [4.78, 5) is 3.70. The molecule has 4 nitrogen and oxygen atoms in total. The lowest BCUT2D eigenvalue weighted by molar-refractivity contribution is -0.274. The fourth-order valence-corrected chi connectivity index (χ4v) is 1.19. The van der Waals surface area contributed by atoms with Gasteiger partial charge in [-0.3, -0.25) is 0 Å².